The van der Waals surface area contributed by atoms with E-state index in [9.17, 15) is 0 Å². The summed E-state index contributed by atoms with van der Waals surface area (Å²) in [4.78, 5) is 4.62. The third-order valence-corrected chi connectivity index (χ3v) is 3.97. The van der Waals surface area contributed by atoms with Gasteiger partial charge in [-0.25, -0.2) is 4.99 Å². The lowest BCUT2D eigenvalue weighted by atomic mass is 10.1. The average Bonchev–Trinajstić information content (AvgIpc) is 2.96. The molecule has 0 spiro atoms. The molecule has 0 bridgehead atoms. The van der Waals surface area contributed by atoms with Crippen LogP contribution in [0.5, 0.6) is 5.75 Å². The number of hydrogen-bond donors (Lipinski definition) is 2. The molecule has 0 fully saturated rings. The molecule has 25 heavy (non-hydrogen) atoms. The first kappa shape index (κ1) is 18.8. The predicted molar refractivity (Wildman–Crippen MR) is 99.9 cm³/mol. The van der Waals surface area contributed by atoms with Crippen LogP contribution in [0.3, 0.4) is 0 Å². The first-order valence-electron chi connectivity index (χ1n) is 8.64. The lowest BCUT2D eigenvalue weighted by Gasteiger charge is -2.12. The molecule has 2 rings (SSSR count). The van der Waals surface area contributed by atoms with E-state index in [2.05, 4.69) is 44.9 Å². The smallest absolute Gasteiger partial charge is 0.191 e. The molecule has 7 nitrogen and oxygen atoms in total. The fourth-order valence-corrected chi connectivity index (χ4v) is 2.27. The highest BCUT2D eigenvalue weighted by molar-refractivity contribution is 5.79. The van der Waals surface area contributed by atoms with Gasteiger partial charge in [0.25, 0.3) is 0 Å². The highest BCUT2D eigenvalue weighted by Gasteiger charge is 2.05. The molecular weight excluding hydrogens is 316 g/mol. The summed E-state index contributed by atoms with van der Waals surface area (Å²) in [7, 11) is 3.63. The second kappa shape index (κ2) is 9.66. The summed E-state index contributed by atoms with van der Waals surface area (Å²) < 4.78 is 7.14. The summed E-state index contributed by atoms with van der Waals surface area (Å²) >= 11 is 0. The van der Waals surface area contributed by atoms with Crippen LogP contribution in [0.1, 0.15) is 30.6 Å². The second-order valence-corrected chi connectivity index (χ2v) is 5.84. The van der Waals surface area contributed by atoms with E-state index in [-0.39, 0.29) is 0 Å². The maximum absolute atomic E-state index is 5.18. The number of nitrogens with one attached hydrogen (secondary N) is 2. The number of rotatable bonds is 8. The molecule has 1 aromatic heterocycles. The molecule has 0 radical (unpaired) electrons. The summed E-state index contributed by atoms with van der Waals surface area (Å²) in [5.74, 6) is 3.42. The van der Waals surface area contributed by atoms with Gasteiger partial charge in [0, 0.05) is 20.1 Å². The highest BCUT2D eigenvalue weighted by Crippen LogP contribution is 2.11. The van der Waals surface area contributed by atoms with Gasteiger partial charge in [-0.3, -0.25) is 0 Å². The van der Waals surface area contributed by atoms with Gasteiger partial charge in [0.15, 0.2) is 11.8 Å². The van der Waals surface area contributed by atoms with E-state index in [4.69, 9.17) is 4.74 Å². The van der Waals surface area contributed by atoms with Gasteiger partial charge in [-0.15, -0.1) is 10.2 Å². The van der Waals surface area contributed by atoms with Crippen molar-refractivity contribution in [2.45, 2.75) is 33.2 Å². The molecule has 1 aromatic carbocycles. The normalized spacial score (nSPS) is 11.4. The summed E-state index contributed by atoms with van der Waals surface area (Å²) in [5.41, 5.74) is 1.26. The second-order valence-electron chi connectivity index (χ2n) is 5.84. The van der Waals surface area contributed by atoms with Crippen molar-refractivity contribution in [2.24, 2.45) is 12.0 Å². The van der Waals surface area contributed by atoms with Gasteiger partial charge < -0.3 is 19.9 Å². The Balaban J connectivity index is 1.89. The standard InChI is InChI=1S/C18H28N6O/c1-5-11-19-18(21-13-17-23-22-14(2)24(17)3)20-12-10-15-6-8-16(25-4)9-7-15/h6-9H,5,10-13H2,1-4H3,(H2,19,20,21). The number of benzene rings is 1. The van der Waals surface area contributed by atoms with Crippen molar-refractivity contribution in [3.05, 3.63) is 41.5 Å². The lowest BCUT2D eigenvalue weighted by molar-refractivity contribution is 0.414. The number of methoxy groups -OCH3 is 1. The van der Waals surface area contributed by atoms with E-state index in [0.29, 0.717) is 6.54 Å². The van der Waals surface area contributed by atoms with Crippen LogP contribution >= 0.6 is 0 Å². The summed E-state index contributed by atoms with van der Waals surface area (Å²) in [6.07, 6.45) is 1.96. The van der Waals surface area contributed by atoms with Crippen LogP contribution in [0.2, 0.25) is 0 Å². The Morgan fingerprint density at radius 3 is 2.48 bits per heavy atom. The fraction of sp³-hybridized carbons (Fsp3) is 0.500. The van der Waals surface area contributed by atoms with E-state index in [1.165, 1.54) is 5.56 Å². The van der Waals surface area contributed by atoms with E-state index in [1.807, 2.05) is 30.7 Å². The van der Waals surface area contributed by atoms with Crippen LogP contribution < -0.4 is 15.4 Å². The highest BCUT2D eigenvalue weighted by atomic mass is 16.5. The van der Waals surface area contributed by atoms with Crippen LogP contribution in [-0.2, 0) is 20.0 Å². The van der Waals surface area contributed by atoms with Gasteiger partial charge in [0.1, 0.15) is 18.1 Å². The molecular formula is C18H28N6O. The van der Waals surface area contributed by atoms with Crippen LogP contribution in [-0.4, -0.2) is 40.9 Å². The number of aliphatic imine (C=N–C) groups is 1. The van der Waals surface area contributed by atoms with Crippen molar-refractivity contribution >= 4 is 5.96 Å². The van der Waals surface area contributed by atoms with Crippen LogP contribution in [0.25, 0.3) is 0 Å². The van der Waals surface area contributed by atoms with Gasteiger partial charge in [0.05, 0.1) is 7.11 Å². The Morgan fingerprint density at radius 2 is 1.88 bits per heavy atom. The quantitative estimate of drug-likeness (QED) is 0.564. The molecule has 2 aromatic rings. The van der Waals surface area contributed by atoms with Gasteiger partial charge in [0.2, 0.25) is 0 Å². The molecule has 0 amide bonds. The summed E-state index contributed by atoms with van der Waals surface area (Å²) in [6, 6.07) is 8.13. The molecule has 0 aliphatic carbocycles. The maximum Gasteiger partial charge on any atom is 0.191 e. The Morgan fingerprint density at radius 1 is 1.16 bits per heavy atom. The molecule has 0 aliphatic heterocycles. The fourth-order valence-electron chi connectivity index (χ4n) is 2.27. The average molecular weight is 344 g/mol. The number of hydrogen-bond acceptors (Lipinski definition) is 4. The Kier molecular flexibility index (Phi) is 7.25. The summed E-state index contributed by atoms with van der Waals surface area (Å²) in [6.45, 7) is 6.25. The summed E-state index contributed by atoms with van der Waals surface area (Å²) in [5, 5.41) is 14.9. The molecule has 0 saturated heterocycles. The molecule has 0 unspecified atom stereocenters. The Labute approximate surface area is 149 Å². The zero-order valence-electron chi connectivity index (χ0n) is 15.5. The van der Waals surface area contributed by atoms with Crippen LogP contribution in [0.4, 0.5) is 0 Å². The van der Waals surface area contributed by atoms with Gasteiger partial charge in [-0.05, 0) is 37.5 Å². The molecule has 2 N–H and O–H groups in total. The van der Waals surface area contributed by atoms with E-state index >= 15 is 0 Å². The van der Waals surface area contributed by atoms with Crippen molar-refractivity contribution in [3.63, 3.8) is 0 Å². The zero-order chi connectivity index (χ0) is 18.1. The molecule has 1 heterocycles. The first-order valence-corrected chi connectivity index (χ1v) is 8.64. The molecule has 0 atom stereocenters. The zero-order valence-corrected chi connectivity index (χ0v) is 15.5. The number of guanidine groups is 1. The number of aromatic nitrogens is 3. The lowest BCUT2D eigenvalue weighted by Crippen LogP contribution is -2.38. The van der Waals surface area contributed by atoms with Crippen LogP contribution in [0, 0.1) is 6.92 Å². The third kappa shape index (κ3) is 5.77. The SMILES string of the molecule is CCCNC(=NCc1nnc(C)n1C)NCCc1ccc(OC)cc1. The maximum atomic E-state index is 5.18. The topological polar surface area (TPSA) is 76.4 Å². The minimum atomic E-state index is 0.499. The minimum absolute atomic E-state index is 0.499. The van der Waals surface area contributed by atoms with Crippen molar-refractivity contribution in [1.82, 2.24) is 25.4 Å². The number of ether oxygens (including phenoxy) is 1. The van der Waals surface area contributed by atoms with Gasteiger partial charge in [-0.2, -0.15) is 0 Å². The Bertz CT molecular complexity index is 677. The minimum Gasteiger partial charge on any atom is -0.497 e. The van der Waals surface area contributed by atoms with Gasteiger partial charge >= 0.3 is 0 Å². The van der Waals surface area contributed by atoms with Crippen LogP contribution in [0.15, 0.2) is 29.3 Å². The largest absolute Gasteiger partial charge is 0.497 e. The number of aryl methyl sites for hydroxylation is 1. The molecule has 0 saturated carbocycles. The van der Waals surface area contributed by atoms with Crippen molar-refractivity contribution in [3.8, 4) is 5.75 Å². The van der Waals surface area contributed by atoms with E-state index < -0.39 is 0 Å². The molecule has 0 aliphatic rings. The predicted octanol–water partition coefficient (Wildman–Crippen LogP) is 1.82. The van der Waals surface area contributed by atoms with E-state index in [1.54, 1.807) is 7.11 Å². The Hall–Kier alpha value is -2.57. The van der Waals surface area contributed by atoms with Gasteiger partial charge in [-0.1, -0.05) is 19.1 Å². The monoisotopic (exact) mass is 344 g/mol. The molecule has 136 valence electrons. The van der Waals surface area contributed by atoms with Crippen molar-refractivity contribution < 1.29 is 4.74 Å². The first-order chi connectivity index (χ1) is 12.1. The number of nitrogens with zero attached hydrogens (tertiary/aromatic N) is 4. The van der Waals surface area contributed by atoms with Crippen molar-refractivity contribution in [1.29, 1.82) is 0 Å². The van der Waals surface area contributed by atoms with Crippen molar-refractivity contribution in [2.75, 3.05) is 20.2 Å². The molecule has 7 heteroatoms. The van der Waals surface area contributed by atoms with E-state index in [0.717, 1.165) is 49.3 Å². The third-order valence-electron chi connectivity index (χ3n) is 3.97.